The predicted octanol–water partition coefficient (Wildman–Crippen LogP) is 3.27. The summed E-state index contributed by atoms with van der Waals surface area (Å²) in [7, 11) is 0. The van der Waals surface area contributed by atoms with Crippen LogP contribution in [-0.2, 0) is 11.2 Å². The monoisotopic (exact) mass is 308 g/mol. The van der Waals surface area contributed by atoms with Gasteiger partial charge in [-0.3, -0.25) is 4.79 Å². The molecule has 21 heavy (non-hydrogen) atoms. The van der Waals surface area contributed by atoms with Crippen LogP contribution in [0.25, 0.3) is 0 Å². The van der Waals surface area contributed by atoms with Gasteiger partial charge in [-0.05, 0) is 64.0 Å². The van der Waals surface area contributed by atoms with Gasteiger partial charge in [-0.25, -0.2) is 0 Å². The van der Waals surface area contributed by atoms with Gasteiger partial charge in [0.25, 0.3) is 0 Å². The zero-order chi connectivity index (χ0) is 15.4. The van der Waals surface area contributed by atoms with Crippen molar-refractivity contribution in [3.05, 3.63) is 21.4 Å². The van der Waals surface area contributed by atoms with Crippen molar-refractivity contribution in [2.45, 2.75) is 58.9 Å². The van der Waals surface area contributed by atoms with Gasteiger partial charge in [0.05, 0.1) is 0 Å². The van der Waals surface area contributed by atoms with Crippen LogP contribution in [0.3, 0.4) is 0 Å². The summed E-state index contributed by atoms with van der Waals surface area (Å²) in [6, 6.07) is 2.45. The lowest BCUT2D eigenvalue weighted by Gasteiger charge is -2.34. The Labute approximate surface area is 132 Å². The van der Waals surface area contributed by atoms with Crippen molar-refractivity contribution < 1.29 is 4.79 Å². The Morgan fingerprint density at radius 2 is 2.29 bits per heavy atom. The molecule has 2 N–H and O–H groups in total. The minimum Gasteiger partial charge on any atom is -0.342 e. The van der Waals surface area contributed by atoms with E-state index in [1.165, 1.54) is 15.3 Å². The lowest BCUT2D eigenvalue weighted by molar-refractivity contribution is -0.133. The van der Waals surface area contributed by atoms with E-state index in [1.807, 2.05) is 16.2 Å². The first-order valence-corrected chi connectivity index (χ1v) is 8.88. The lowest BCUT2D eigenvalue weighted by atomic mass is 9.92. The van der Waals surface area contributed by atoms with Crippen molar-refractivity contribution in [3.8, 4) is 0 Å². The van der Waals surface area contributed by atoms with Crippen molar-refractivity contribution in [3.63, 3.8) is 0 Å². The molecule has 2 atom stereocenters. The van der Waals surface area contributed by atoms with Crippen LogP contribution >= 0.6 is 11.3 Å². The van der Waals surface area contributed by atoms with E-state index >= 15 is 0 Å². The molecule has 0 radical (unpaired) electrons. The molecule has 1 saturated heterocycles. The summed E-state index contributed by atoms with van der Waals surface area (Å²) in [6.07, 6.45) is 4.90. The van der Waals surface area contributed by atoms with Crippen molar-refractivity contribution in [1.82, 2.24) is 4.90 Å². The number of nitrogens with two attached hydrogens (primary N) is 1. The number of hydrogen-bond donors (Lipinski definition) is 1. The number of carbonyl (C=O) groups is 1. The van der Waals surface area contributed by atoms with Crippen molar-refractivity contribution in [1.29, 1.82) is 0 Å². The van der Waals surface area contributed by atoms with E-state index in [9.17, 15) is 4.79 Å². The smallest absolute Gasteiger partial charge is 0.222 e. The molecule has 1 fully saturated rings. The number of aryl methyl sites for hydroxylation is 3. The Bertz CT molecular complexity index is 481. The molecule has 2 rings (SSSR count). The number of rotatable bonds is 5. The molecule has 0 aliphatic carbocycles. The van der Waals surface area contributed by atoms with Crippen LogP contribution in [0.1, 0.15) is 47.9 Å². The minimum atomic E-state index is 0.192. The van der Waals surface area contributed by atoms with E-state index < -0.39 is 0 Å². The highest BCUT2D eigenvalue weighted by Crippen LogP contribution is 2.23. The van der Waals surface area contributed by atoms with E-state index in [0.717, 1.165) is 38.8 Å². The second kappa shape index (κ2) is 7.41. The number of hydrogen-bond acceptors (Lipinski definition) is 3. The van der Waals surface area contributed by atoms with Gasteiger partial charge in [0.1, 0.15) is 0 Å². The molecule has 0 unspecified atom stereocenters. The third-order valence-electron chi connectivity index (χ3n) is 4.53. The molecule has 1 amide bonds. The molecule has 3 nitrogen and oxygen atoms in total. The Hall–Kier alpha value is -0.870. The van der Waals surface area contributed by atoms with Crippen LogP contribution in [-0.4, -0.2) is 29.9 Å². The summed E-state index contributed by atoms with van der Waals surface area (Å²) in [5.74, 6) is 0.787. The van der Waals surface area contributed by atoms with Crippen molar-refractivity contribution >= 4 is 17.2 Å². The first kappa shape index (κ1) is 16.5. The van der Waals surface area contributed by atoms with E-state index in [1.54, 1.807) is 0 Å². The molecule has 1 aromatic rings. The SMILES string of the molecule is Cc1cc(CCCC(=O)N2CCC[C@H]([C@@H](C)N)C2)c(C)s1. The largest absolute Gasteiger partial charge is 0.342 e. The molecule has 0 spiro atoms. The van der Waals surface area contributed by atoms with Gasteiger partial charge in [0.2, 0.25) is 5.91 Å². The average Bonchev–Trinajstić information content (AvgIpc) is 2.77. The van der Waals surface area contributed by atoms with E-state index in [4.69, 9.17) is 5.73 Å². The van der Waals surface area contributed by atoms with Gasteiger partial charge in [0.15, 0.2) is 0 Å². The van der Waals surface area contributed by atoms with Gasteiger partial charge < -0.3 is 10.6 Å². The standard InChI is InChI=1S/C17H28N2OS/c1-12-10-15(14(3)21-12)6-4-8-17(20)19-9-5-7-16(11-19)13(2)18/h10,13,16H,4-9,11,18H2,1-3H3/t13-,16+/m1/s1. The highest BCUT2D eigenvalue weighted by Gasteiger charge is 2.25. The Kier molecular flexibility index (Phi) is 5.82. The lowest BCUT2D eigenvalue weighted by Crippen LogP contribution is -2.45. The first-order valence-electron chi connectivity index (χ1n) is 8.06. The minimum absolute atomic E-state index is 0.192. The van der Waals surface area contributed by atoms with Crippen LogP contribution in [0.2, 0.25) is 0 Å². The van der Waals surface area contributed by atoms with Crippen LogP contribution in [0.15, 0.2) is 6.07 Å². The molecular formula is C17H28N2OS. The van der Waals surface area contributed by atoms with E-state index in [-0.39, 0.29) is 6.04 Å². The van der Waals surface area contributed by atoms with Gasteiger partial charge in [0, 0.05) is 35.3 Å². The fourth-order valence-corrected chi connectivity index (χ4v) is 4.16. The Morgan fingerprint density at radius 3 is 2.90 bits per heavy atom. The highest BCUT2D eigenvalue weighted by molar-refractivity contribution is 7.12. The molecule has 0 aromatic carbocycles. The molecule has 2 heterocycles. The summed E-state index contributed by atoms with van der Waals surface area (Å²) < 4.78 is 0. The van der Waals surface area contributed by atoms with Gasteiger partial charge in [-0.1, -0.05) is 0 Å². The third kappa shape index (κ3) is 4.55. The normalized spacial score (nSPS) is 20.6. The molecule has 1 aliphatic rings. The molecule has 1 aliphatic heterocycles. The van der Waals surface area contributed by atoms with Crippen LogP contribution < -0.4 is 5.73 Å². The Balaban J connectivity index is 1.78. The third-order valence-corrected chi connectivity index (χ3v) is 5.54. The summed E-state index contributed by atoms with van der Waals surface area (Å²) in [5.41, 5.74) is 7.40. The molecule has 0 bridgehead atoms. The maximum absolute atomic E-state index is 12.3. The summed E-state index contributed by atoms with van der Waals surface area (Å²) in [5, 5.41) is 0. The summed E-state index contributed by atoms with van der Waals surface area (Å²) in [6.45, 7) is 8.15. The van der Waals surface area contributed by atoms with E-state index in [2.05, 4.69) is 26.8 Å². The Morgan fingerprint density at radius 1 is 1.52 bits per heavy atom. The zero-order valence-corrected chi connectivity index (χ0v) is 14.3. The topological polar surface area (TPSA) is 46.3 Å². The van der Waals surface area contributed by atoms with Gasteiger partial charge >= 0.3 is 0 Å². The maximum atomic E-state index is 12.3. The number of thiophene rings is 1. The number of carbonyl (C=O) groups excluding carboxylic acids is 1. The van der Waals surface area contributed by atoms with Gasteiger partial charge in [-0.15, -0.1) is 11.3 Å². The molecular weight excluding hydrogens is 280 g/mol. The number of nitrogens with zero attached hydrogens (tertiary/aromatic N) is 1. The molecule has 118 valence electrons. The predicted molar refractivity (Wildman–Crippen MR) is 89.7 cm³/mol. The average molecular weight is 308 g/mol. The fraction of sp³-hybridized carbons (Fsp3) is 0.706. The summed E-state index contributed by atoms with van der Waals surface area (Å²) >= 11 is 1.85. The number of piperidine rings is 1. The zero-order valence-electron chi connectivity index (χ0n) is 13.5. The quantitative estimate of drug-likeness (QED) is 0.907. The molecule has 1 aromatic heterocycles. The second-order valence-electron chi connectivity index (χ2n) is 6.39. The summed E-state index contributed by atoms with van der Waals surface area (Å²) in [4.78, 5) is 17.1. The fourth-order valence-electron chi connectivity index (χ4n) is 3.19. The highest BCUT2D eigenvalue weighted by atomic mass is 32.1. The maximum Gasteiger partial charge on any atom is 0.222 e. The molecule has 0 saturated carbocycles. The second-order valence-corrected chi connectivity index (χ2v) is 7.85. The van der Waals surface area contributed by atoms with E-state index in [0.29, 0.717) is 18.2 Å². The van der Waals surface area contributed by atoms with Gasteiger partial charge in [-0.2, -0.15) is 0 Å². The van der Waals surface area contributed by atoms with Crippen LogP contribution in [0, 0.1) is 19.8 Å². The first-order chi connectivity index (χ1) is 9.97. The van der Waals surface area contributed by atoms with Crippen LogP contribution in [0.4, 0.5) is 0 Å². The molecule has 4 heteroatoms. The van der Waals surface area contributed by atoms with Crippen molar-refractivity contribution in [2.75, 3.05) is 13.1 Å². The number of amides is 1. The van der Waals surface area contributed by atoms with Crippen LogP contribution in [0.5, 0.6) is 0 Å². The number of likely N-dealkylation sites (tertiary alicyclic amines) is 1. The van der Waals surface area contributed by atoms with Crippen molar-refractivity contribution in [2.24, 2.45) is 11.7 Å².